The Hall–Kier alpha value is -1.59. The summed E-state index contributed by atoms with van der Waals surface area (Å²) >= 11 is 0. The summed E-state index contributed by atoms with van der Waals surface area (Å²) in [6.07, 6.45) is 3.82. The van der Waals surface area contributed by atoms with Crippen LogP contribution in [0.4, 0.5) is 4.79 Å². The van der Waals surface area contributed by atoms with Gasteiger partial charge in [0.05, 0.1) is 0 Å². The minimum Gasteiger partial charge on any atom is -0.444 e. The quantitative estimate of drug-likeness (QED) is 0.635. The molecule has 0 radical (unpaired) electrons. The fourth-order valence-electron chi connectivity index (χ4n) is 2.96. The zero-order valence-corrected chi connectivity index (χ0v) is 15.0. The molecule has 1 amide bonds. The summed E-state index contributed by atoms with van der Waals surface area (Å²) in [4.78, 5) is 14.0. The van der Waals surface area contributed by atoms with E-state index < -0.39 is 12.0 Å². The van der Waals surface area contributed by atoms with E-state index in [0.29, 0.717) is 25.6 Å². The molecular formula is C19H29NO4. The van der Waals surface area contributed by atoms with Crippen molar-refractivity contribution in [3.8, 4) is 0 Å². The summed E-state index contributed by atoms with van der Waals surface area (Å²) in [7, 11) is 1.69. The van der Waals surface area contributed by atoms with Gasteiger partial charge in [0.25, 0.3) is 5.91 Å². The summed E-state index contributed by atoms with van der Waals surface area (Å²) in [6, 6.07) is 9.65. The fraction of sp³-hybridized carbons (Fsp3) is 0.632. The number of nitrogens with zero attached hydrogens (tertiary/aromatic N) is 1. The Bertz CT molecular complexity index is 495. The highest BCUT2D eigenvalue weighted by atomic mass is 16.7. The van der Waals surface area contributed by atoms with Gasteiger partial charge < -0.3 is 14.2 Å². The number of carbonyl (C=O) groups is 1. The maximum Gasteiger partial charge on any atom is 0.414 e. The average molecular weight is 335 g/mol. The highest BCUT2D eigenvalue weighted by Gasteiger charge is 2.43. The minimum absolute atomic E-state index is 0.238. The standard InChI is InChI=1S/C19H29NO4/c1-4-23-19(24-5-2,14-16-12-9-13-16)20(3)18(21)22-15-17-10-7-6-8-11-17/h6-8,10-11,16H,4-5,9,12-15H2,1-3H3. The second-order valence-electron chi connectivity index (χ2n) is 6.18. The van der Waals surface area contributed by atoms with Crippen molar-refractivity contribution in [1.29, 1.82) is 0 Å². The molecule has 134 valence electrons. The van der Waals surface area contributed by atoms with Crippen LogP contribution in [-0.2, 0) is 20.8 Å². The predicted octanol–water partition coefficient (Wildman–Crippen LogP) is 4.17. The van der Waals surface area contributed by atoms with Gasteiger partial charge >= 0.3 is 6.09 Å². The fourth-order valence-corrected chi connectivity index (χ4v) is 2.96. The molecule has 0 N–H and O–H groups in total. The van der Waals surface area contributed by atoms with Gasteiger partial charge in [-0.15, -0.1) is 0 Å². The van der Waals surface area contributed by atoms with Gasteiger partial charge in [-0.2, -0.15) is 0 Å². The van der Waals surface area contributed by atoms with Crippen LogP contribution >= 0.6 is 0 Å². The van der Waals surface area contributed by atoms with Crippen LogP contribution in [0.5, 0.6) is 0 Å². The number of hydrogen-bond acceptors (Lipinski definition) is 4. The van der Waals surface area contributed by atoms with Crippen molar-refractivity contribution in [2.24, 2.45) is 5.92 Å². The molecular weight excluding hydrogens is 306 g/mol. The van der Waals surface area contributed by atoms with Crippen LogP contribution in [0.2, 0.25) is 0 Å². The Balaban J connectivity index is 2.03. The van der Waals surface area contributed by atoms with Gasteiger partial charge in [-0.25, -0.2) is 4.79 Å². The lowest BCUT2D eigenvalue weighted by Gasteiger charge is -2.43. The number of carbonyl (C=O) groups excluding carboxylic acids is 1. The molecule has 0 heterocycles. The molecule has 0 atom stereocenters. The first-order valence-electron chi connectivity index (χ1n) is 8.83. The molecule has 1 saturated carbocycles. The van der Waals surface area contributed by atoms with Crippen LogP contribution < -0.4 is 0 Å². The Labute approximate surface area is 144 Å². The Morgan fingerprint density at radius 1 is 1.17 bits per heavy atom. The van der Waals surface area contributed by atoms with Gasteiger partial charge in [0.15, 0.2) is 0 Å². The topological polar surface area (TPSA) is 48.0 Å². The Kier molecular flexibility index (Phi) is 7.06. The number of hydrogen-bond donors (Lipinski definition) is 0. The lowest BCUT2D eigenvalue weighted by Crippen LogP contribution is -2.55. The summed E-state index contributed by atoms with van der Waals surface area (Å²) in [5.74, 6) is -0.505. The van der Waals surface area contributed by atoms with Crippen molar-refractivity contribution in [3.05, 3.63) is 35.9 Å². The van der Waals surface area contributed by atoms with E-state index in [2.05, 4.69) is 0 Å². The minimum atomic E-state index is -1.04. The second-order valence-corrected chi connectivity index (χ2v) is 6.18. The van der Waals surface area contributed by atoms with Crippen LogP contribution in [0, 0.1) is 5.92 Å². The van der Waals surface area contributed by atoms with Crippen LogP contribution in [0.15, 0.2) is 30.3 Å². The molecule has 0 saturated heterocycles. The first-order chi connectivity index (χ1) is 11.6. The van der Waals surface area contributed by atoms with Gasteiger partial charge in [0.1, 0.15) is 6.61 Å². The second kappa shape index (κ2) is 9.04. The first kappa shape index (κ1) is 18.7. The lowest BCUT2D eigenvalue weighted by atomic mass is 9.81. The molecule has 1 aliphatic carbocycles. The predicted molar refractivity (Wildman–Crippen MR) is 92.3 cm³/mol. The summed E-state index contributed by atoms with van der Waals surface area (Å²) in [5, 5.41) is 0. The monoisotopic (exact) mass is 335 g/mol. The summed E-state index contributed by atoms with van der Waals surface area (Å²) < 4.78 is 17.3. The van der Waals surface area contributed by atoms with E-state index in [4.69, 9.17) is 14.2 Å². The highest BCUT2D eigenvalue weighted by molar-refractivity contribution is 5.67. The number of benzene rings is 1. The molecule has 1 fully saturated rings. The molecule has 0 aromatic heterocycles. The van der Waals surface area contributed by atoms with Crippen molar-refractivity contribution in [3.63, 3.8) is 0 Å². The molecule has 2 rings (SSSR count). The number of rotatable bonds is 9. The Morgan fingerprint density at radius 3 is 2.29 bits per heavy atom. The molecule has 0 aliphatic heterocycles. The zero-order chi connectivity index (χ0) is 17.4. The van der Waals surface area contributed by atoms with Crippen LogP contribution in [-0.4, -0.2) is 37.2 Å². The highest BCUT2D eigenvalue weighted by Crippen LogP contribution is 2.37. The average Bonchev–Trinajstić information content (AvgIpc) is 2.56. The smallest absolute Gasteiger partial charge is 0.414 e. The molecule has 1 aromatic carbocycles. The van der Waals surface area contributed by atoms with Crippen molar-refractivity contribution in [2.75, 3.05) is 20.3 Å². The largest absolute Gasteiger partial charge is 0.444 e. The van der Waals surface area contributed by atoms with E-state index in [9.17, 15) is 4.79 Å². The normalized spacial score (nSPS) is 15.0. The molecule has 5 heteroatoms. The molecule has 0 unspecified atom stereocenters. The van der Waals surface area contributed by atoms with Crippen LogP contribution in [0.3, 0.4) is 0 Å². The van der Waals surface area contributed by atoms with Gasteiger partial charge in [0, 0.05) is 26.7 Å². The van der Waals surface area contributed by atoms with E-state index in [1.165, 1.54) is 11.3 Å². The first-order valence-corrected chi connectivity index (χ1v) is 8.83. The summed E-state index contributed by atoms with van der Waals surface area (Å²) in [6.45, 7) is 5.02. The van der Waals surface area contributed by atoms with Gasteiger partial charge in [0.2, 0.25) is 0 Å². The molecule has 1 aliphatic rings. The van der Waals surface area contributed by atoms with Crippen LogP contribution in [0.25, 0.3) is 0 Å². The third kappa shape index (κ3) is 4.71. The van der Waals surface area contributed by atoms with Crippen molar-refractivity contribution < 1.29 is 19.0 Å². The third-order valence-corrected chi connectivity index (χ3v) is 4.50. The van der Waals surface area contributed by atoms with E-state index in [1.54, 1.807) is 7.05 Å². The van der Waals surface area contributed by atoms with E-state index in [1.807, 2.05) is 44.2 Å². The number of amides is 1. The Morgan fingerprint density at radius 2 is 1.79 bits per heavy atom. The zero-order valence-electron chi connectivity index (χ0n) is 15.0. The van der Waals surface area contributed by atoms with E-state index in [-0.39, 0.29) is 6.61 Å². The lowest BCUT2D eigenvalue weighted by molar-refractivity contribution is -0.308. The van der Waals surface area contributed by atoms with Crippen molar-refractivity contribution in [1.82, 2.24) is 4.90 Å². The van der Waals surface area contributed by atoms with Crippen molar-refractivity contribution in [2.45, 2.75) is 52.0 Å². The molecule has 0 bridgehead atoms. The van der Waals surface area contributed by atoms with Gasteiger partial charge in [-0.05, 0) is 25.3 Å². The van der Waals surface area contributed by atoms with Crippen molar-refractivity contribution >= 4 is 6.09 Å². The molecule has 1 aromatic rings. The maximum atomic E-state index is 12.5. The van der Waals surface area contributed by atoms with E-state index in [0.717, 1.165) is 18.4 Å². The molecule has 24 heavy (non-hydrogen) atoms. The molecule has 0 spiro atoms. The third-order valence-electron chi connectivity index (χ3n) is 4.50. The SMILES string of the molecule is CCOC(CC1CCC1)(OCC)N(C)C(=O)OCc1ccccc1. The number of ether oxygens (including phenoxy) is 3. The van der Waals surface area contributed by atoms with E-state index >= 15 is 0 Å². The van der Waals surface area contributed by atoms with Crippen LogP contribution in [0.1, 0.15) is 45.1 Å². The summed E-state index contributed by atoms with van der Waals surface area (Å²) in [5.41, 5.74) is 0.955. The molecule has 5 nitrogen and oxygen atoms in total. The van der Waals surface area contributed by atoms with Gasteiger partial charge in [-0.3, -0.25) is 4.90 Å². The maximum absolute atomic E-state index is 12.5. The van der Waals surface area contributed by atoms with Gasteiger partial charge in [-0.1, -0.05) is 49.6 Å².